The molecule has 0 spiro atoms. The molecule has 0 bridgehead atoms. The van der Waals surface area contributed by atoms with E-state index in [0.717, 1.165) is 31.2 Å². The molecule has 0 N–H and O–H groups in total. The lowest BCUT2D eigenvalue weighted by Crippen LogP contribution is -2.09. The zero-order valence-electron chi connectivity index (χ0n) is 9.89. The third-order valence-electron chi connectivity index (χ3n) is 2.30. The minimum atomic E-state index is -0.199. The number of terminal acetylenes is 1. The van der Waals surface area contributed by atoms with Crippen LogP contribution in [0.2, 0.25) is 0 Å². The maximum Gasteiger partial charge on any atom is 0.310 e. The highest BCUT2D eigenvalue weighted by atomic mass is 16.5. The summed E-state index contributed by atoms with van der Waals surface area (Å²) in [5, 5.41) is 0. The Kier molecular flexibility index (Phi) is 6.50. The Bertz CT molecular complexity index is 368. The first kappa shape index (κ1) is 13.2. The molecule has 0 unspecified atom stereocenters. The number of hydrogen-bond acceptors (Lipinski definition) is 3. The normalized spacial score (nSPS) is 9.59. The summed E-state index contributed by atoms with van der Waals surface area (Å²) in [6.45, 7) is 0.476. The van der Waals surface area contributed by atoms with Gasteiger partial charge in [-0.05, 0) is 30.9 Å². The van der Waals surface area contributed by atoms with Crippen LogP contribution in [0.1, 0.15) is 31.2 Å². The van der Waals surface area contributed by atoms with Gasteiger partial charge in [0, 0.05) is 18.8 Å². The van der Waals surface area contributed by atoms with Crippen LogP contribution in [0, 0.1) is 12.3 Å². The molecule has 0 aliphatic carbocycles. The highest BCUT2D eigenvalue weighted by Gasteiger charge is 2.03. The van der Waals surface area contributed by atoms with Crippen LogP contribution in [0.4, 0.5) is 0 Å². The fourth-order valence-electron chi connectivity index (χ4n) is 1.41. The predicted molar refractivity (Wildman–Crippen MR) is 66.2 cm³/mol. The highest BCUT2D eigenvalue weighted by Crippen LogP contribution is 2.02. The van der Waals surface area contributed by atoms with E-state index < -0.39 is 0 Å². The van der Waals surface area contributed by atoms with Crippen molar-refractivity contribution in [1.29, 1.82) is 0 Å². The minimum Gasteiger partial charge on any atom is -0.465 e. The Morgan fingerprint density at radius 2 is 2.29 bits per heavy atom. The topological polar surface area (TPSA) is 39.2 Å². The lowest BCUT2D eigenvalue weighted by molar-refractivity contribution is -0.142. The Hall–Kier alpha value is -1.82. The van der Waals surface area contributed by atoms with Crippen molar-refractivity contribution in [2.24, 2.45) is 0 Å². The first-order valence-corrected chi connectivity index (χ1v) is 5.81. The number of nitrogens with zero attached hydrogens (tertiary/aromatic N) is 1. The van der Waals surface area contributed by atoms with Crippen LogP contribution in [-0.2, 0) is 16.0 Å². The molecule has 3 nitrogen and oxygen atoms in total. The van der Waals surface area contributed by atoms with E-state index in [0.29, 0.717) is 6.61 Å². The molecule has 0 aromatic carbocycles. The minimum absolute atomic E-state index is 0.199. The van der Waals surface area contributed by atoms with Crippen LogP contribution < -0.4 is 0 Å². The summed E-state index contributed by atoms with van der Waals surface area (Å²) < 4.78 is 5.11. The quantitative estimate of drug-likeness (QED) is 0.411. The van der Waals surface area contributed by atoms with Crippen molar-refractivity contribution in [3.8, 4) is 12.3 Å². The van der Waals surface area contributed by atoms with Crippen molar-refractivity contribution in [3.63, 3.8) is 0 Å². The van der Waals surface area contributed by atoms with Crippen LogP contribution in [-0.4, -0.2) is 17.6 Å². The molecule has 0 saturated heterocycles. The predicted octanol–water partition coefficient (Wildman–Crippen LogP) is 2.36. The molecule has 0 fully saturated rings. The average molecular weight is 231 g/mol. The van der Waals surface area contributed by atoms with Crippen molar-refractivity contribution in [2.45, 2.75) is 32.1 Å². The van der Waals surface area contributed by atoms with E-state index in [9.17, 15) is 4.79 Å². The van der Waals surface area contributed by atoms with Gasteiger partial charge in [-0.2, -0.15) is 0 Å². The number of hydrogen-bond donors (Lipinski definition) is 0. The van der Waals surface area contributed by atoms with Gasteiger partial charge in [-0.1, -0.05) is 6.07 Å². The fourth-order valence-corrected chi connectivity index (χ4v) is 1.41. The molecule has 0 aliphatic heterocycles. The standard InChI is InChI=1S/C14H17NO2/c1-2-3-4-5-6-10-17-14(16)11-13-8-7-9-15-12-13/h1,7-9,12H,3-6,10-11H2. The lowest BCUT2D eigenvalue weighted by Gasteiger charge is -2.04. The first-order chi connectivity index (χ1) is 8.33. The molecule has 0 amide bonds. The molecule has 1 heterocycles. The summed E-state index contributed by atoms with van der Waals surface area (Å²) in [5.41, 5.74) is 0.879. The van der Waals surface area contributed by atoms with E-state index >= 15 is 0 Å². The van der Waals surface area contributed by atoms with Gasteiger partial charge < -0.3 is 4.74 Å². The van der Waals surface area contributed by atoms with Crippen molar-refractivity contribution < 1.29 is 9.53 Å². The third kappa shape index (κ3) is 6.36. The number of unbranched alkanes of at least 4 members (excludes halogenated alkanes) is 3. The van der Waals surface area contributed by atoms with E-state index in [4.69, 9.17) is 11.2 Å². The largest absolute Gasteiger partial charge is 0.465 e. The van der Waals surface area contributed by atoms with Gasteiger partial charge in [0.05, 0.1) is 13.0 Å². The number of carbonyl (C=O) groups is 1. The second kappa shape index (κ2) is 8.35. The smallest absolute Gasteiger partial charge is 0.310 e. The molecule has 1 rings (SSSR count). The second-order valence-electron chi connectivity index (χ2n) is 3.77. The van der Waals surface area contributed by atoms with Gasteiger partial charge in [0.25, 0.3) is 0 Å². The summed E-state index contributed by atoms with van der Waals surface area (Å²) >= 11 is 0. The highest BCUT2D eigenvalue weighted by molar-refractivity contribution is 5.72. The Morgan fingerprint density at radius 1 is 1.41 bits per heavy atom. The van der Waals surface area contributed by atoms with Crippen molar-refractivity contribution >= 4 is 5.97 Å². The number of carbonyl (C=O) groups excluding carboxylic acids is 1. The number of ether oxygens (including phenoxy) is 1. The first-order valence-electron chi connectivity index (χ1n) is 5.81. The summed E-state index contributed by atoms with van der Waals surface area (Å²) in [6.07, 6.45) is 12.5. The van der Waals surface area contributed by atoms with Crippen molar-refractivity contribution in [2.75, 3.05) is 6.61 Å². The number of pyridine rings is 1. The van der Waals surface area contributed by atoms with E-state index in [1.54, 1.807) is 12.4 Å². The summed E-state index contributed by atoms with van der Waals surface area (Å²) in [4.78, 5) is 15.4. The van der Waals surface area contributed by atoms with Gasteiger partial charge in [-0.3, -0.25) is 9.78 Å². The molecular formula is C14H17NO2. The maximum absolute atomic E-state index is 11.4. The zero-order valence-corrected chi connectivity index (χ0v) is 9.89. The van der Waals surface area contributed by atoms with Gasteiger partial charge in [0.1, 0.15) is 0 Å². The molecular weight excluding hydrogens is 214 g/mol. The molecule has 17 heavy (non-hydrogen) atoms. The molecule has 90 valence electrons. The monoisotopic (exact) mass is 231 g/mol. The van der Waals surface area contributed by atoms with Gasteiger partial charge in [-0.15, -0.1) is 12.3 Å². The third-order valence-corrected chi connectivity index (χ3v) is 2.30. The van der Waals surface area contributed by atoms with Gasteiger partial charge in [-0.25, -0.2) is 0 Å². The molecule has 1 aromatic heterocycles. The van der Waals surface area contributed by atoms with Crippen molar-refractivity contribution in [1.82, 2.24) is 4.98 Å². The number of esters is 1. The van der Waals surface area contributed by atoms with Gasteiger partial charge in [0.2, 0.25) is 0 Å². The molecule has 3 heteroatoms. The Balaban J connectivity index is 2.08. The molecule has 0 saturated carbocycles. The number of rotatable bonds is 7. The average Bonchev–Trinajstić information content (AvgIpc) is 2.35. The number of aromatic nitrogens is 1. The molecule has 1 aromatic rings. The SMILES string of the molecule is C#CCCCCCOC(=O)Cc1cccnc1. The van der Waals surface area contributed by atoms with E-state index in [2.05, 4.69) is 10.9 Å². The van der Waals surface area contributed by atoms with E-state index in [-0.39, 0.29) is 12.4 Å². The summed E-state index contributed by atoms with van der Waals surface area (Å²) in [6, 6.07) is 3.67. The van der Waals surface area contributed by atoms with Crippen molar-refractivity contribution in [3.05, 3.63) is 30.1 Å². The second-order valence-corrected chi connectivity index (χ2v) is 3.77. The zero-order chi connectivity index (χ0) is 12.3. The fraction of sp³-hybridized carbons (Fsp3) is 0.429. The van der Waals surface area contributed by atoms with Gasteiger partial charge >= 0.3 is 5.97 Å². The lowest BCUT2D eigenvalue weighted by atomic mass is 10.2. The molecule has 0 aliphatic rings. The molecule has 0 atom stereocenters. The van der Waals surface area contributed by atoms with E-state index in [1.165, 1.54) is 0 Å². The maximum atomic E-state index is 11.4. The van der Waals surface area contributed by atoms with Gasteiger partial charge in [0.15, 0.2) is 0 Å². The summed E-state index contributed by atoms with van der Waals surface area (Å²) in [7, 11) is 0. The Morgan fingerprint density at radius 3 is 3.00 bits per heavy atom. The van der Waals surface area contributed by atoms with Crippen LogP contribution >= 0.6 is 0 Å². The Labute approximate surface area is 102 Å². The summed E-state index contributed by atoms with van der Waals surface area (Å²) in [5.74, 6) is 2.39. The van der Waals surface area contributed by atoms with Crippen LogP contribution in [0.25, 0.3) is 0 Å². The van der Waals surface area contributed by atoms with Crippen LogP contribution in [0.15, 0.2) is 24.5 Å². The van der Waals surface area contributed by atoms with Crippen LogP contribution in [0.5, 0.6) is 0 Å². The molecule has 0 radical (unpaired) electrons. The van der Waals surface area contributed by atoms with Crippen LogP contribution in [0.3, 0.4) is 0 Å². The van der Waals surface area contributed by atoms with E-state index in [1.807, 2.05) is 12.1 Å².